The van der Waals surface area contributed by atoms with Crippen LogP contribution in [0.2, 0.25) is 0 Å². The predicted octanol–water partition coefficient (Wildman–Crippen LogP) is 2.65. The minimum Gasteiger partial charge on any atom is -0.325 e. The number of nitrogens with zero attached hydrogens (tertiary/aromatic N) is 2. The second kappa shape index (κ2) is 6.48. The summed E-state index contributed by atoms with van der Waals surface area (Å²) >= 11 is 0. The van der Waals surface area contributed by atoms with Crippen molar-refractivity contribution >= 4 is 6.03 Å². The summed E-state index contributed by atoms with van der Waals surface area (Å²) < 4.78 is 0. The van der Waals surface area contributed by atoms with Gasteiger partial charge in [0.1, 0.15) is 5.54 Å². The molecule has 96 valence electrons. The molecule has 2 amide bonds. The van der Waals surface area contributed by atoms with Gasteiger partial charge in [-0.2, -0.15) is 5.26 Å². The Morgan fingerprint density at radius 3 is 2.18 bits per heavy atom. The zero-order valence-corrected chi connectivity index (χ0v) is 11.0. The van der Waals surface area contributed by atoms with Crippen molar-refractivity contribution in [1.29, 1.82) is 5.26 Å². The lowest BCUT2D eigenvalue weighted by atomic mass is 9.95. The Morgan fingerprint density at radius 1 is 1.24 bits per heavy atom. The fourth-order valence-corrected chi connectivity index (χ4v) is 2.17. The number of nitrogens with one attached hydrogen (secondary N) is 1. The van der Waals surface area contributed by atoms with Gasteiger partial charge < -0.3 is 10.2 Å². The molecule has 1 saturated heterocycles. The van der Waals surface area contributed by atoms with Crippen LogP contribution in [0.3, 0.4) is 0 Å². The van der Waals surface area contributed by atoms with E-state index in [1.807, 2.05) is 18.7 Å². The molecule has 1 aliphatic rings. The maximum absolute atomic E-state index is 12.1. The number of urea groups is 1. The lowest BCUT2D eigenvalue weighted by Gasteiger charge is -2.29. The van der Waals surface area contributed by atoms with Gasteiger partial charge >= 0.3 is 6.03 Å². The monoisotopic (exact) mass is 237 g/mol. The van der Waals surface area contributed by atoms with Crippen LogP contribution in [0.1, 0.15) is 52.4 Å². The van der Waals surface area contributed by atoms with E-state index < -0.39 is 5.54 Å². The van der Waals surface area contributed by atoms with Crippen LogP contribution in [0.25, 0.3) is 0 Å². The smallest absolute Gasteiger partial charge is 0.318 e. The molecule has 1 fully saturated rings. The van der Waals surface area contributed by atoms with Crippen molar-refractivity contribution in [2.45, 2.75) is 57.9 Å². The van der Waals surface area contributed by atoms with E-state index in [2.05, 4.69) is 11.4 Å². The van der Waals surface area contributed by atoms with E-state index in [4.69, 9.17) is 0 Å². The average molecular weight is 237 g/mol. The van der Waals surface area contributed by atoms with Crippen LogP contribution in [-0.2, 0) is 0 Å². The summed E-state index contributed by atoms with van der Waals surface area (Å²) in [6.45, 7) is 5.52. The molecular weight excluding hydrogens is 214 g/mol. The van der Waals surface area contributed by atoms with E-state index in [1.54, 1.807) is 0 Å². The number of carbonyl (C=O) groups is 1. The maximum Gasteiger partial charge on any atom is 0.318 e. The van der Waals surface area contributed by atoms with Gasteiger partial charge in [0.25, 0.3) is 0 Å². The fourth-order valence-electron chi connectivity index (χ4n) is 2.17. The van der Waals surface area contributed by atoms with E-state index in [1.165, 1.54) is 12.8 Å². The summed E-state index contributed by atoms with van der Waals surface area (Å²) in [6.07, 6.45) is 5.86. The van der Waals surface area contributed by atoms with Crippen molar-refractivity contribution in [3.8, 4) is 6.07 Å². The van der Waals surface area contributed by atoms with Crippen LogP contribution >= 0.6 is 0 Å². The molecule has 4 heteroatoms. The minimum atomic E-state index is -0.691. The number of likely N-dealkylation sites (tertiary alicyclic amines) is 1. The third-order valence-corrected chi connectivity index (χ3v) is 3.66. The van der Waals surface area contributed by atoms with Crippen molar-refractivity contribution in [3.63, 3.8) is 0 Å². The van der Waals surface area contributed by atoms with Gasteiger partial charge in [-0.3, -0.25) is 0 Å². The van der Waals surface area contributed by atoms with Gasteiger partial charge in [-0.05, 0) is 25.7 Å². The summed E-state index contributed by atoms with van der Waals surface area (Å²) in [6, 6.07) is 2.17. The lowest BCUT2D eigenvalue weighted by Crippen LogP contribution is -2.52. The molecule has 0 spiro atoms. The van der Waals surface area contributed by atoms with E-state index in [0.717, 1.165) is 25.9 Å². The van der Waals surface area contributed by atoms with Crippen molar-refractivity contribution in [1.82, 2.24) is 10.2 Å². The molecule has 1 rings (SSSR count). The molecule has 4 nitrogen and oxygen atoms in total. The predicted molar refractivity (Wildman–Crippen MR) is 67.5 cm³/mol. The van der Waals surface area contributed by atoms with E-state index in [-0.39, 0.29) is 6.03 Å². The Kier molecular flexibility index (Phi) is 5.27. The third kappa shape index (κ3) is 3.62. The van der Waals surface area contributed by atoms with Gasteiger partial charge in [0.05, 0.1) is 6.07 Å². The highest BCUT2D eigenvalue weighted by Gasteiger charge is 2.29. The highest BCUT2D eigenvalue weighted by molar-refractivity contribution is 5.75. The number of carbonyl (C=O) groups excluding carboxylic acids is 1. The number of nitriles is 1. The number of hydrogen-bond acceptors (Lipinski definition) is 2. The molecule has 0 saturated carbocycles. The van der Waals surface area contributed by atoms with Gasteiger partial charge in [-0.15, -0.1) is 0 Å². The van der Waals surface area contributed by atoms with Crippen molar-refractivity contribution in [2.24, 2.45) is 0 Å². The van der Waals surface area contributed by atoms with Crippen LogP contribution in [0, 0.1) is 11.3 Å². The summed E-state index contributed by atoms with van der Waals surface area (Å²) in [4.78, 5) is 14.0. The molecule has 1 aliphatic heterocycles. The van der Waals surface area contributed by atoms with Gasteiger partial charge in [-0.1, -0.05) is 26.7 Å². The largest absolute Gasteiger partial charge is 0.325 e. The first-order valence-corrected chi connectivity index (χ1v) is 6.66. The van der Waals surface area contributed by atoms with Gasteiger partial charge in [-0.25, -0.2) is 4.79 Å². The molecule has 0 aliphatic carbocycles. The SMILES string of the molecule is CCC(C#N)(CC)NC(=O)N1CCCCCC1. The van der Waals surface area contributed by atoms with Crippen LogP contribution in [0.15, 0.2) is 0 Å². The van der Waals surface area contributed by atoms with Gasteiger partial charge in [0.15, 0.2) is 0 Å². The summed E-state index contributed by atoms with van der Waals surface area (Å²) in [5, 5.41) is 12.1. The molecule has 0 atom stereocenters. The Bertz CT molecular complexity index is 284. The van der Waals surface area contributed by atoms with E-state index in [0.29, 0.717) is 12.8 Å². The van der Waals surface area contributed by atoms with Crippen LogP contribution in [0.5, 0.6) is 0 Å². The van der Waals surface area contributed by atoms with Gasteiger partial charge in [0, 0.05) is 13.1 Å². The van der Waals surface area contributed by atoms with Crippen molar-refractivity contribution < 1.29 is 4.79 Å². The van der Waals surface area contributed by atoms with E-state index >= 15 is 0 Å². The van der Waals surface area contributed by atoms with Crippen molar-refractivity contribution in [2.75, 3.05) is 13.1 Å². The summed E-state index contributed by atoms with van der Waals surface area (Å²) in [7, 11) is 0. The Balaban J connectivity index is 2.60. The highest BCUT2D eigenvalue weighted by atomic mass is 16.2. The topological polar surface area (TPSA) is 56.1 Å². The second-order valence-corrected chi connectivity index (χ2v) is 4.73. The van der Waals surface area contributed by atoms with E-state index in [9.17, 15) is 10.1 Å². The molecule has 0 aromatic heterocycles. The minimum absolute atomic E-state index is 0.0721. The number of hydrogen-bond donors (Lipinski definition) is 1. The standard InChI is InChI=1S/C13H23N3O/c1-3-13(4-2,11-14)15-12(17)16-9-7-5-6-8-10-16/h3-10H2,1-2H3,(H,15,17). The van der Waals surface area contributed by atoms with Crippen molar-refractivity contribution in [3.05, 3.63) is 0 Å². The Morgan fingerprint density at radius 2 is 1.76 bits per heavy atom. The third-order valence-electron chi connectivity index (χ3n) is 3.66. The molecule has 17 heavy (non-hydrogen) atoms. The Hall–Kier alpha value is -1.24. The van der Waals surface area contributed by atoms with Crippen LogP contribution in [0.4, 0.5) is 4.79 Å². The lowest BCUT2D eigenvalue weighted by molar-refractivity contribution is 0.189. The molecule has 0 aromatic rings. The van der Waals surface area contributed by atoms with Gasteiger partial charge in [0.2, 0.25) is 0 Å². The van der Waals surface area contributed by atoms with Crippen LogP contribution < -0.4 is 5.32 Å². The maximum atomic E-state index is 12.1. The van der Waals surface area contributed by atoms with Crippen LogP contribution in [-0.4, -0.2) is 29.6 Å². The molecular formula is C13H23N3O. The Labute approximate surface area is 104 Å². The zero-order valence-electron chi connectivity index (χ0n) is 11.0. The summed E-state index contributed by atoms with van der Waals surface area (Å²) in [5.74, 6) is 0. The molecule has 0 bridgehead atoms. The quantitative estimate of drug-likeness (QED) is 0.820. The highest BCUT2D eigenvalue weighted by Crippen LogP contribution is 2.16. The average Bonchev–Trinajstić information content (AvgIpc) is 2.65. The molecule has 0 radical (unpaired) electrons. The first-order valence-electron chi connectivity index (χ1n) is 6.66. The fraction of sp³-hybridized carbons (Fsp3) is 0.846. The number of amides is 2. The second-order valence-electron chi connectivity index (χ2n) is 4.73. The normalized spacial score (nSPS) is 17.1. The first-order chi connectivity index (χ1) is 8.17. The molecule has 1 N–H and O–H groups in total. The zero-order chi connectivity index (χ0) is 12.7. The molecule has 0 unspecified atom stereocenters. The molecule has 1 heterocycles. The molecule has 0 aromatic carbocycles. The summed E-state index contributed by atoms with van der Waals surface area (Å²) in [5.41, 5.74) is -0.691. The first kappa shape index (κ1) is 13.8. The number of rotatable bonds is 3.